The minimum Gasteiger partial charge on any atom is -0.338 e. The van der Waals surface area contributed by atoms with E-state index in [1.165, 1.54) is 0 Å². The molecule has 3 nitrogen and oxygen atoms in total. The van der Waals surface area contributed by atoms with Crippen LogP contribution in [0.4, 0.5) is 0 Å². The Hall–Kier alpha value is -0.330. The second kappa shape index (κ2) is 7.61. The zero-order chi connectivity index (χ0) is 15.3. The second-order valence-corrected chi connectivity index (χ2v) is 7.29. The summed E-state index contributed by atoms with van der Waals surface area (Å²) < 4.78 is 0.949. The number of nitrogens with zero attached hydrogens (tertiary/aromatic N) is 1. The van der Waals surface area contributed by atoms with Crippen LogP contribution < -0.4 is 5.73 Å². The predicted molar refractivity (Wildman–Crippen MR) is 93.2 cm³/mol. The Morgan fingerprint density at radius 2 is 2.10 bits per heavy atom. The summed E-state index contributed by atoms with van der Waals surface area (Å²) in [6, 6.07) is 5.44. The molecule has 1 aromatic rings. The van der Waals surface area contributed by atoms with Gasteiger partial charge in [0.15, 0.2) is 0 Å². The lowest BCUT2D eigenvalue weighted by Gasteiger charge is -2.31. The summed E-state index contributed by atoms with van der Waals surface area (Å²) in [5.74, 6) is 0.0201. The summed E-state index contributed by atoms with van der Waals surface area (Å²) in [5.41, 5.74) is 6.32. The summed E-state index contributed by atoms with van der Waals surface area (Å²) in [4.78, 5) is 14.5. The van der Waals surface area contributed by atoms with Gasteiger partial charge in [-0.1, -0.05) is 32.4 Å². The van der Waals surface area contributed by atoms with E-state index in [1.54, 1.807) is 6.07 Å². The van der Waals surface area contributed by atoms with Crippen LogP contribution in [0.1, 0.15) is 37.6 Å². The van der Waals surface area contributed by atoms with Crippen LogP contribution in [0.2, 0.25) is 5.02 Å². The molecule has 0 aliphatic carbocycles. The molecular formula is C15H22ClIN2O. The van der Waals surface area contributed by atoms with Crippen molar-refractivity contribution in [3.63, 3.8) is 0 Å². The van der Waals surface area contributed by atoms with Gasteiger partial charge in [0.05, 0.1) is 5.02 Å². The summed E-state index contributed by atoms with van der Waals surface area (Å²) in [5, 5.41) is 0.617. The number of carbonyl (C=O) groups is 1. The van der Waals surface area contributed by atoms with Gasteiger partial charge in [-0.15, -0.1) is 0 Å². The smallest absolute Gasteiger partial charge is 0.253 e. The first-order chi connectivity index (χ1) is 9.30. The molecule has 0 fully saturated rings. The topological polar surface area (TPSA) is 46.3 Å². The van der Waals surface area contributed by atoms with Crippen molar-refractivity contribution < 1.29 is 4.79 Å². The lowest BCUT2D eigenvalue weighted by atomic mass is 9.92. The Morgan fingerprint density at radius 1 is 1.45 bits per heavy atom. The molecule has 112 valence electrons. The van der Waals surface area contributed by atoms with E-state index in [4.69, 9.17) is 17.3 Å². The van der Waals surface area contributed by atoms with Gasteiger partial charge < -0.3 is 10.6 Å². The van der Waals surface area contributed by atoms with E-state index >= 15 is 0 Å². The lowest BCUT2D eigenvalue weighted by molar-refractivity contribution is 0.0689. The average molecular weight is 409 g/mol. The molecular weight excluding hydrogens is 387 g/mol. The quantitative estimate of drug-likeness (QED) is 0.728. The van der Waals surface area contributed by atoms with Crippen molar-refractivity contribution in [1.29, 1.82) is 0 Å². The monoisotopic (exact) mass is 408 g/mol. The van der Waals surface area contributed by atoms with Crippen LogP contribution in [-0.2, 0) is 0 Å². The number of hydrogen-bond donors (Lipinski definition) is 1. The number of amides is 1. The van der Waals surface area contributed by atoms with Crippen LogP contribution >= 0.6 is 34.2 Å². The van der Waals surface area contributed by atoms with Crippen LogP contribution in [0.15, 0.2) is 18.2 Å². The Bertz CT molecular complexity index is 477. The summed E-state index contributed by atoms with van der Waals surface area (Å²) >= 11 is 8.26. The molecule has 1 rings (SSSR count). The SMILES string of the molecule is CCCN(CC(C)(C)CN)C(=O)c1ccc(I)c(Cl)c1. The number of benzene rings is 1. The maximum absolute atomic E-state index is 12.6. The fourth-order valence-electron chi connectivity index (χ4n) is 1.92. The van der Waals surface area contributed by atoms with Crippen molar-refractivity contribution in [3.8, 4) is 0 Å². The van der Waals surface area contributed by atoms with Crippen LogP contribution in [0.5, 0.6) is 0 Å². The highest BCUT2D eigenvalue weighted by molar-refractivity contribution is 14.1. The van der Waals surface area contributed by atoms with Gasteiger partial charge in [-0.3, -0.25) is 4.79 Å². The van der Waals surface area contributed by atoms with Gasteiger partial charge in [0.1, 0.15) is 0 Å². The fraction of sp³-hybridized carbons (Fsp3) is 0.533. The molecule has 2 N–H and O–H groups in total. The molecule has 1 aromatic carbocycles. The van der Waals surface area contributed by atoms with E-state index in [1.807, 2.05) is 17.0 Å². The summed E-state index contributed by atoms with van der Waals surface area (Å²) in [6.45, 7) is 8.14. The van der Waals surface area contributed by atoms with Gasteiger partial charge in [0.25, 0.3) is 5.91 Å². The Morgan fingerprint density at radius 3 is 2.60 bits per heavy atom. The van der Waals surface area contributed by atoms with Gasteiger partial charge in [0.2, 0.25) is 0 Å². The van der Waals surface area contributed by atoms with Crippen molar-refractivity contribution >= 4 is 40.1 Å². The second-order valence-electron chi connectivity index (χ2n) is 5.72. The molecule has 0 unspecified atom stereocenters. The Labute approximate surface area is 140 Å². The molecule has 0 saturated carbocycles. The third-order valence-corrected chi connectivity index (χ3v) is 4.69. The zero-order valence-corrected chi connectivity index (χ0v) is 15.2. The minimum atomic E-state index is -0.0855. The maximum Gasteiger partial charge on any atom is 0.253 e. The van der Waals surface area contributed by atoms with E-state index < -0.39 is 0 Å². The van der Waals surface area contributed by atoms with Crippen molar-refractivity contribution in [2.45, 2.75) is 27.2 Å². The van der Waals surface area contributed by atoms with Crippen molar-refractivity contribution in [3.05, 3.63) is 32.4 Å². The Kier molecular flexibility index (Phi) is 6.75. The molecule has 0 heterocycles. The van der Waals surface area contributed by atoms with E-state index in [-0.39, 0.29) is 11.3 Å². The van der Waals surface area contributed by atoms with Crippen molar-refractivity contribution in [2.75, 3.05) is 19.6 Å². The molecule has 0 radical (unpaired) electrons. The van der Waals surface area contributed by atoms with Crippen molar-refractivity contribution in [1.82, 2.24) is 4.90 Å². The average Bonchev–Trinajstić information content (AvgIpc) is 2.40. The van der Waals surface area contributed by atoms with Crippen LogP contribution in [0, 0.1) is 8.99 Å². The molecule has 0 spiro atoms. The lowest BCUT2D eigenvalue weighted by Crippen LogP contribution is -2.42. The maximum atomic E-state index is 12.6. The highest BCUT2D eigenvalue weighted by Gasteiger charge is 2.24. The highest BCUT2D eigenvalue weighted by atomic mass is 127. The van der Waals surface area contributed by atoms with Gasteiger partial charge in [-0.05, 0) is 59.2 Å². The van der Waals surface area contributed by atoms with Crippen LogP contribution in [-0.4, -0.2) is 30.4 Å². The van der Waals surface area contributed by atoms with Crippen molar-refractivity contribution in [2.24, 2.45) is 11.1 Å². The van der Waals surface area contributed by atoms with E-state index in [0.29, 0.717) is 23.7 Å². The number of carbonyl (C=O) groups excluding carboxylic acids is 1. The first-order valence-electron chi connectivity index (χ1n) is 6.75. The minimum absolute atomic E-state index is 0.0201. The highest BCUT2D eigenvalue weighted by Crippen LogP contribution is 2.22. The zero-order valence-electron chi connectivity index (χ0n) is 12.2. The van der Waals surface area contributed by atoms with Gasteiger partial charge in [-0.25, -0.2) is 0 Å². The standard InChI is InChI=1S/C15H22ClIN2O/c1-4-7-19(10-15(2,3)9-18)14(20)11-5-6-13(17)12(16)8-11/h5-6,8H,4,7,9-10,18H2,1-3H3. The first kappa shape index (κ1) is 17.7. The third-order valence-electron chi connectivity index (χ3n) is 3.12. The van der Waals surface area contributed by atoms with E-state index in [2.05, 4.69) is 43.4 Å². The number of halogens is 2. The van der Waals surface area contributed by atoms with E-state index in [9.17, 15) is 4.79 Å². The predicted octanol–water partition coefficient (Wildman–Crippen LogP) is 3.78. The summed E-state index contributed by atoms with van der Waals surface area (Å²) in [6.07, 6.45) is 0.921. The molecule has 0 aromatic heterocycles. The molecule has 0 atom stereocenters. The van der Waals surface area contributed by atoms with Gasteiger partial charge >= 0.3 is 0 Å². The van der Waals surface area contributed by atoms with Gasteiger partial charge in [0, 0.05) is 22.2 Å². The third kappa shape index (κ3) is 4.90. The molecule has 0 bridgehead atoms. The first-order valence-corrected chi connectivity index (χ1v) is 8.21. The normalized spacial score (nSPS) is 11.5. The largest absolute Gasteiger partial charge is 0.338 e. The molecule has 0 saturated heterocycles. The fourth-order valence-corrected chi connectivity index (χ4v) is 2.43. The molecule has 20 heavy (non-hydrogen) atoms. The number of hydrogen-bond acceptors (Lipinski definition) is 2. The molecule has 5 heteroatoms. The van der Waals surface area contributed by atoms with Gasteiger partial charge in [-0.2, -0.15) is 0 Å². The van der Waals surface area contributed by atoms with Crippen LogP contribution in [0.3, 0.4) is 0 Å². The number of nitrogens with two attached hydrogens (primary N) is 1. The molecule has 0 aliphatic rings. The molecule has 0 aliphatic heterocycles. The van der Waals surface area contributed by atoms with Crippen LogP contribution in [0.25, 0.3) is 0 Å². The number of rotatable bonds is 6. The Balaban J connectivity index is 2.96. The molecule has 1 amide bonds. The summed E-state index contributed by atoms with van der Waals surface area (Å²) in [7, 11) is 0. The van der Waals surface area contributed by atoms with E-state index in [0.717, 1.165) is 16.5 Å².